The van der Waals surface area contributed by atoms with Crippen molar-refractivity contribution in [3.05, 3.63) is 42.2 Å². The van der Waals surface area contributed by atoms with Crippen LogP contribution in [0, 0.1) is 0 Å². The third kappa shape index (κ3) is 3.58. The van der Waals surface area contributed by atoms with Gasteiger partial charge in [0.25, 0.3) is 5.91 Å². The van der Waals surface area contributed by atoms with Gasteiger partial charge >= 0.3 is 0 Å². The van der Waals surface area contributed by atoms with Crippen LogP contribution < -0.4 is 15.8 Å². The monoisotopic (exact) mass is 274 g/mol. The Balaban J connectivity index is 1.89. The molecule has 0 bridgehead atoms. The van der Waals surface area contributed by atoms with E-state index in [0.717, 1.165) is 12.1 Å². The van der Waals surface area contributed by atoms with E-state index >= 15 is 0 Å². The van der Waals surface area contributed by atoms with Gasteiger partial charge in [-0.15, -0.1) is 0 Å². The highest BCUT2D eigenvalue weighted by molar-refractivity contribution is 5.92. The zero-order valence-electron chi connectivity index (χ0n) is 11.4. The number of ether oxygens (including phenoxy) is 1. The number of nitrogens with two attached hydrogens (primary N) is 1. The molecule has 0 unspecified atom stereocenters. The third-order valence-corrected chi connectivity index (χ3v) is 2.81. The van der Waals surface area contributed by atoms with Crippen molar-refractivity contribution in [1.82, 2.24) is 9.78 Å². The zero-order chi connectivity index (χ0) is 14.4. The third-order valence-electron chi connectivity index (χ3n) is 2.81. The largest absolute Gasteiger partial charge is 0.480 e. The molecule has 0 saturated heterocycles. The second kappa shape index (κ2) is 6.72. The van der Waals surface area contributed by atoms with Crippen molar-refractivity contribution in [2.75, 3.05) is 11.9 Å². The minimum Gasteiger partial charge on any atom is -0.480 e. The van der Waals surface area contributed by atoms with Crippen molar-refractivity contribution in [3.63, 3.8) is 0 Å². The fourth-order valence-electron chi connectivity index (χ4n) is 1.75. The molecule has 0 fully saturated rings. The van der Waals surface area contributed by atoms with Crippen LogP contribution >= 0.6 is 0 Å². The second-order valence-electron chi connectivity index (χ2n) is 4.23. The van der Waals surface area contributed by atoms with Gasteiger partial charge in [0.15, 0.2) is 12.4 Å². The summed E-state index contributed by atoms with van der Waals surface area (Å²) >= 11 is 0. The van der Waals surface area contributed by atoms with E-state index in [1.807, 2.05) is 31.2 Å². The molecule has 106 valence electrons. The molecule has 0 saturated carbocycles. The van der Waals surface area contributed by atoms with E-state index in [2.05, 4.69) is 10.4 Å². The number of amides is 1. The molecule has 0 aliphatic heterocycles. The molecule has 1 heterocycles. The number of nitrogens with zero attached hydrogens (tertiary/aromatic N) is 2. The van der Waals surface area contributed by atoms with Gasteiger partial charge in [0.1, 0.15) is 0 Å². The topological polar surface area (TPSA) is 82.2 Å². The number of carbonyl (C=O) groups excluding carboxylic acids is 1. The fourth-order valence-corrected chi connectivity index (χ4v) is 1.75. The van der Waals surface area contributed by atoms with E-state index < -0.39 is 0 Å². The molecular formula is C14H18N4O2. The van der Waals surface area contributed by atoms with Crippen molar-refractivity contribution < 1.29 is 9.53 Å². The summed E-state index contributed by atoms with van der Waals surface area (Å²) in [5.74, 6) is 0.351. The summed E-state index contributed by atoms with van der Waals surface area (Å²) in [6, 6.07) is 7.42. The molecule has 0 radical (unpaired) electrons. The molecule has 0 spiro atoms. The number of carbonyl (C=O) groups is 1. The maximum atomic E-state index is 11.8. The molecule has 0 aliphatic carbocycles. The van der Waals surface area contributed by atoms with E-state index in [-0.39, 0.29) is 12.5 Å². The van der Waals surface area contributed by atoms with Gasteiger partial charge in [0.2, 0.25) is 0 Å². The minimum absolute atomic E-state index is 0.0612. The molecule has 2 aromatic rings. The molecule has 3 N–H and O–H groups in total. The number of nitrogens with one attached hydrogen (secondary N) is 1. The van der Waals surface area contributed by atoms with Crippen molar-refractivity contribution in [3.8, 4) is 5.75 Å². The van der Waals surface area contributed by atoms with Crippen LogP contribution in [0.25, 0.3) is 0 Å². The first-order valence-electron chi connectivity index (χ1n) is 6.46. The van der Waals surface area contributed by atoms with Crippen molar-refractivity contribution in [1.29, 1.82) is 0 Å². The number of aromatic nitrogens is 2. The van der Waals surface area contributed by atoms with Crippen LogP contribution in [0.4, 0.5) is 5.69 Å². The lowest BCUT2D eigenvalue weighted by Gasteiger charge is -2.09. The molecule has 1 aromatic carbocycles. The van der Waals surface area contributed by atoms with E-state index in [1.165, 1.54) is 0 Å². The second-order valence-corrected chi connectivity index (χ2v) is 4.23. The van der Waals surface area contributed by atoms with E-state index in [9.17, 15) is 4.79 Å². The first kappa shape index (κ1) is 14.1. The van der Waals surface area contributed by atoms with E-state index in [0.29, 0.717) is 18.0 Å². The molecule has 6 heteroatoms. The van der Waals surface area contributed by atoms with Crippen LogP contribution in [0.15, 0.2) is 36.7 Å². The van der Waals surface area contributed by atoms with Crippen molar-refractivity contribution in [2.45, 2.75) is 20.0 Å². The van der Waals surface area contributed by atoms with Gasteiger partial charge in [-0.3, -0.25) is 9.48 Å². The Morgan fingerprint density at radius 1 is 1.45 bits per heavy atom. The average molecular weight is 274 g/mol. The lowest BCUT2D eigenvalue weighted by Crippen LogP contribution is -2.21. The van der Waals surface area contributed by atoms with Gasteiger partial charge < -0.3 is 15.8 Å². The van der Waals surface area contributed by atoms with Crippen LogP contribution in [0.5, 0.6) is 5.75 Å². The number of aryl methyl sites for hydroxylation is 1. The smallest absolute Gasteiger partial charge is 0.262 e. The maximum absolute atomic E-state index is 11.8. The summed E-state index contributed by atoms with van der Waals surface area (Å²) in [6.07, 6.45) is 3.34. The van der Waals surface area contributed by atoms with Crippen LogP contribution in [0.3, 0.4) is 0 Å². The molecular weight excluding hydrogens is 256 g/mol. The maximum Gasteiger partial charge on any atom is 0.262 e. The predicted octanol–water partition coefficient (Wildman–Crippen LogP) is 1.38. The zero-order valence-corrected chi connectivity index (χ0v) is 11.4. The number of anilines is 1. The van der Waals surface area contributed by atoms with E-state index in [1.54, 1.807) is 17.1 Å². The quantitative estimate of drug-likeness (QED) is 0.833. The minimum atomic E-state index is -0.227. The average Bonchev–Trinajstić information content (AvgIpc) is 2.94. The number of benzene rings is 1. The van der Waals surface area contributed by atoms with Gasteiger partial charge in [-0.2, -0.15) is 5.10 Å². The lowest BCUT2D eigenvalue weighted by atomic mass is 10.2. The predicted molar refractivity (Wildman–Crippen MR) is 76.4 cm³/mol. The number of hydrogen-bond acceptors (Lipinski definition) is 4. The number of rotatable bonds is 6. The number of hydrogen-bond donors (Lipinski definition) is 2. The first-order chi connectivity index (χ1) is 9.72. The van der Waals surface area contributed by atoms with Gasteiger partial charge in [0.05, 0.1) is 12.4 Å². The Kier molecular flexibility index (Phi) is 4.73. The SMILES string of the molecule is CCn1cc(OCC(=O)Nc2ccccc2CN)cn1. The highest BCUT2D eigenvalue weighted by Crippen LogP contribution is 2.14. The lowest BCUT2D eigenvalue weighted by molar-refractivity contribution is -0.118. The molecule has 6 nitrogen and oxygen atoms in total. The Morgan fingerprint density at radius 2 is 2.25 bits per heavy atom. The molecule has 2 rings (SSSR count). The standard InChI is InChI=1S/C14H18N4O2/c1-2-18-9-12(8-16-18)20-10-14(19)17-13-6-4-3-5-11(13)7-15/h3-6,8-9H,2,7,10,15H2,1H3,(H,17,19). The van der Waals surface area contributed by atoms with Crippen LogP contribution in [0.1, 0.15) is 12.5 Å². The highest BCUT2D eigenvalue weighted by atomic mass is 16.5. The van der Waals surface area contributed by atoms with Gasteiger partial charge in [-0.1, -0.05) is 18.2 Å². The highest BCUT2D eigenvalue weighted by Gasteiger charge is 2.07. The van der Waals surface area contributed by atoms with Crippen LogP contribution in [-0.4, -0.2) is 22.3 Å². The molecule has 1 amide bonds. The van der Waals surface area contributed by atoms with Gasteiger partial charge in [-0.05, 0) is 18.6 Å². The molecule has 1 aromatic heterocycles. The summed E-state index contributed by atoms with van der Waals surface area (Å²) in [4.78, 5) is 11.8. The number of para-hydroxylation sites is 1. The molecule has 0 atom stereocenters. The summed E-state index contributed by atoms with van der Waals surface area (Å²) < 4.78 is 7.10. The van der Waals surface area contributed by atoms with Crippen LogP contribution in [-0.2, 0) is 17.9 Å². The van der Waals surface area contributed by atoms with Gasteiger partial charge in [0, 0.05) is 18.8 Å². The first-order valence-corrected chi connectivity index (χ1v) is 6.46. The Hall–Kier alpha value is -2.34. The summed E-state index contributed by atoms with van der Waals surface area (Å²) in [6.45, 7) is 3.06. The van der Waals surface area contributed by atoms with Crippen LogP contribution in [0.2, 0.25) is 0 Å². The summed E-state index contributed by atoms with van der Waals surface area (Å²) in [7, 11) is 0. The Morgan fingerprint density at radius 3 is 2.95 bits per heavy atom. The summed E-state index contributed by atoms with van der Waals surface area (Å²) in [5.41, 5.74) is 7.22. The van der Waals surface area contributed by atoms with Gasteiger partial charge in [-0.25, -0.2) is 0 Å². The van der Waals surface area contributed by atoms with Crippen molar-refractivity contribution in [2.24, 2.45) is 5.73 Å². The Bertz CT molecular complexity index is 580. The normalized spacial score (nSPS) is 10.3. The molecule has 0 aliphatic rings. The fraction of sp³-hybridized carbons (Fsp3) is 0.286. The van der Waals surface area contributed by atoms with E-state index in [4.69, 9.17) is 10.5 Å². The summed E-state index contributed by atoms with van der Waals surface area (Å²) in [5, 5.41) is 6.85. The Labute approximate surface area is 117 Å². The van der Waals surface area contributed by atoms with Crippen molar-refractivity contribution >= 4 is 11.6 Å². The molecule has 20 heavy (non-hydrogen) atoms.